The standard InChI is InChI=1S/C11H11N3O3S/c1-17-9-4-6(3-8(15)10(9)16)7-5-12-11(18-2)14-13-7/h3-5,15-16H,1-2H3. The van der Waals surface area contributed by atoms with Crippen molar-refractivity contribution in [1.29, 1.82) is 0 Å². The van der Waals surface area contributed by atoms with Gasteiger partial charge in [0.25, 0.3) is 0 Å². The third kappa shape index (κ3) is 2.30. The molecule has 0 amide bonds. The molecule has 2 rings (SSSR count). The zero-order valence-electron chi connectivity index (χ0n) is 9.78. The molecule has 0 bridgehead atoms. The lowest BCUT2D eigenvalue weighted by Gasteiger charge is -2.07. The molecule has 2 aromatic rings. The molecule has 1 aromatic heterocycles. The van der Waals surface area contributed by atoms with Gasteiger partial charge >= 0.3 is 0 Å². The molecule has 0 radical (unpaired) electrons. The van der Waals surface area contributed by atoms with Crippen molar-refractivity contribution in [3.05, 3.63) is 18.3 Å². The van der Waals surface area contributed by atoms with Gasteiger partial charge in [0.15, 0.2) is 11.5 Å². The summed E-state index contributed by atoms with van der Waals surface area (Å²) >= 11 is 1.39. The molecular weight excluding hydrogens is 254 g/mol. The fourth-order valence-electron chi connectivity index (χ4n) is 1.39. The average Bonchev–Trinajstić information content (AvgIpc) is 2.42. The van der Waals surface area contributed by atoms with Crippen LogP contribution in [-0.4, -0.2) is 38.8 Å². The van der Waals surface area contributed by atoms with Gasteiger partial charge in [-0.1, -0.05) is 11.8 Å². The summed E-state index contributed by atoms with van der Waals surface area (Å²) in [5.74, 6) is -0.413. The van der Waals surface area contributed by atoms with Gasteiger partial charge in [0.1, 0.15) is 5.69 Å². The van der Waals surface area contributed by atoms with Crippen LogP contribution >= 0.6 is 11.8 Å². The summed E-state index contributed by atoms with van der Waals surface area (Å²) in [7, 11) is 1.40. The quantitative estimate of drug-likeness (QED) is 0.644. The molecule has 0 aliphatic rings. The van der Waals surface area contributed by atoms with E-state index in [2.05, 4.69) is 15.2 Å². The number of thioether (sulfide) groups is 1. The van der Waals surface area contributed by atoms with E-state index in [-0.39, 0.29) is 17.2 Å². The van der Waals surface area contributed by atoms with Crippen molar-refractivity contribution in [2.24, 2.45) is 0 Å². The zero-order chi connectivity index (χ0) is 13.1. The third-order valence-electron chi connectivity index (χ3n) is 2.29. The van der Waals surface area contributed by atoms with E-state index >= 15 is 0 Å². The van der Waals surface area contributed by atoms with Gasteiger partial charge < -0.3 is 14.9 Å². The minimum atomic E-state index is -0.303. The molecule has 0 aliphatic carbocycles. The van der Waals surface area contributed by atoms with Crippen LogP contribution in [0.4, 0.5) is 0 Å². The molecule has 0 aliphatic heterocycles. The van der Waals surface area contributed by atoms with Crippen molar-refractivity contribution < 1.29 is 14.9 Å². The van der Waals surface area contributed by atoms with Gasteiger partial charge in [-0.25, -0.2) is 4.98 Å². The van der Waals surface area contributed by atoms with Crippen LogP contribution in [0.5, 0.6) is 17.2 Å². The van der Waals surface area contributed by atoms with Crippen LogP contribution in [0.2, 0.25) is 0 Å². The van der Waals surface area contributed by atoms with E-state index in [1.165, 1.54) is 24.9 Å². The second kappa shape index (κ2) is 5.09. The molecule has 2 N–H and O–H groups in total. The van der Waals surface area contributed by atoms with Crippen LogP contribution in [0.25, 0.3) is 11.3 Å². The van der Waals surface area contributed by atoms with E-state index in [4.69, 9.17) is 4.74 Å². The maximum atomic E-state index is 9.57. The molecule has 0 unspecified atom stereocenters. The molecule has 18 heavy (non-hydrogen) atoms. The number of hydrogen-bond donors (Lipinski definition) is 2. The first-order valence-corrected chi connectivity index (χ1v) is 6.22. The van der Waals surface area contributed by atoms with Crippen LogP contribution < -0.4 is 4.74 Å². The number of hydrogen-bond acceptors (Lipinski definition) is 7. The maximum Gasteiger partial charge on any atom is 0.208 e. The van der Waals surface area contributed by atoms with Gasteiger partial charge in [-0.05, 0) is 18.4 Å². The molecular formula is C11H11N3O3S. The van der Waals surface area contributed by atoms with Gasteiger partial charge in [-0.3, -0.25) is 0 Å². The molecule has 1 aromatic carbocycles. The van der Waals surface area contributed by atoms with Crippen LogP contribution in [0, 0.1) is 0 Å². The third-order valence-corrected chi connectivity index (χ3v) is 2.85. The van der Waals surface area contributed by atoms with Crippen molar-refractivity contribution >= 4 is 11.8 Å². The van der Waals surface area contributed by atoms with Gasteiger partial charge in [0, 0.05) is 5.56 Å². The number of rotatable bonds is 3. The molecule has 6 nitrogen and oxygen atoms in total. The first-order chi connectivity index (χ1) is 8.65. The first-order valence-electron chi connectivity index (χ1n) is 4.99. The Morgan fingerprint density at radius 3 is 2.56 bits per heavy atom. The smallest absolute Gasteiger partial charge is 0.208 e. The first kappa shape index (κ1) is 12.4. The van der Waals surface area contributed by atoms with Crippen molar-refractivity contribution in [1.82, 2.24) is 15.2 Å². The number of nitrogens with zero attached hydrogens (tertiary/aromatic N) is 3. The minimum Gasteiger partial charge on any atom is -0.504 e. The van der Waals surface area contributed by atoms with Gasteiger partial charge in [0.05, 0.1) is 13.3 Å². The van der Waals surface area contributed by atoms with E-state index < -0.39 is 0 Å². The number of phenols is 2. The van der Waals surface area contributed by atoms with Crippen molar-refractivity contribution in [2.75, 3.05) is 13.4 Å². The molecule has 0 fully saturated rings. The van der Waals surface area contributed by atoms with Crippen molar-refractivity contribution in [2.45, 2.75) is 5.16 Å². The second-order valence-electron chi connectivity index (χ2n) is 3.38. The summed E-state index contributed by atoms with van der Waals surface area (Å²) < 4.78 is 4.95. The Morgan fingerprint density at radius 2 is 2.00 bits per heavy atom. The molecule has 1 heterocycles. The Balaban J connectivity index is 2.46. The van der Waals surface area contributed by atoms with Crippen LogP contribution in [0.15, 0.2) is 23.5 Å². The lowest BCUT2D eigenvalue weighted by atomic mass is 10.1. The van der Waals surface area contributed by atoms with Crippen LogP contribution in [-0.2, 0) is 0 Å². The largest absolute Gasteiger partial charge is 0.504 e. The summed E-state index contributed by atoms with van der Waals surface area (Å²) in [6.07, 6.45) is 3.40. The van der Waals surface area contributed by atoms with E-state index in [1.807, 2.05) is 6.26 Å². The van der Waals surface area contributed by atoms with Gasteiger partial charge in [-0.15, -0.1) is 10.2 Å². The minimum absolute atomic E-state index is 0.167. The SMILES string of the molecule is COc1cc(-c2cnc(SC)nn2)cc(O)c1O. The lowest BCUT2D eigenvalue weighted by Crippen LogP contribution is -1.93. The predicted molar refractivity (Wildman–Crippen MR) is 66.9 cm³/mol. The fraction of sp³-hybridized carbons (Fsp3) is 0.182. The van der Waals surface area contributed by atoms with Crippen molar-refractivity contribution in [3.8, 4) is 28.5 Å². The molecule has 94 valence electrons. The summed E-state index contributed by atoms with van der Waals surface area (Å²) in [6.45, 7) is 0. The van der Waals surface area contributed by atoms with Crippen molar-refractivity contribution in [3.63, 3.8) is 0 Å². The summed E-state index contributed by atoms with van der Waals surface area (Å²) in [6, 6.07) is 2.93. The van der Waals surface area contributed by atoms with Crippen LogP contribution in [0.1, 0.15) is 0 Å². The van der Waals surface area contributed by atoms with E-state index in [0.29, 0.717) is 16.4 Å². The second-order valence-corrected chi connectivity index (χ2v) is 4.15. The Bertz CT molecular complexity index is 560. The Labute approximate surface area is 108 Å². The summed E-state index contributed by atoms with van der Waals surface area (Å²) in [5, 5.41) is 27.5. The highest BCUT2D eigenvalue weighted by Crippen LogP contribution is 2.38. The number of methoxy groups -OCH3 is 1. The van der Waals surface area contributed by atoms with Gasteiger partial charge in [0.2, 0.25) is 10.9 Å². The molecule has 0 saturated heterocycles. The predicted octanol–water partition coefficient (Wildman–Crippen LogP) is 1.68. The normalized spacial score (nSPS) is 10.3. The summed E-state index contributed by atoms with van der Waals surface area (Å²) in [5.41, 5.74) is 1.05. The zero-order valence-corrected chi connectivity index (χ0v) is 10.6. The number of aromatic nitrogens is 3. The van der Waals surface area contributed by atoms with E-state index in [9.17, 15) is 10.2 Å². The van der Waals surface area contributed by atoms with E-state index in [1.54, 1.807) is 12.3 Å². The molecule has 0 spiro atoms. The fourth-order valence-corrected chi connectivity index (χ4v) is 1.67. The topological polar surface area (TPSA) is 88.4 Å². The Kier molecular flexibility index (Phi) is 3.52. The molecule has 0 atom stereocenters. The van der Waals surface area contributed by atoms with Crippen LogP contribution in [0.3, 0.4) is 0 Å². The average molecular weight is 265 g/mol. The highest BCUT2D eigenvalue weighted by Gasteiger charge is 2.12. The number of ether oxygens (including phenoxy) is 1. The molecule has 0 saturated carbocycles. The Hall–Kier alpha value is -2.02. The summed E-state index contributed by atoms with van der Waals surface area (Å²) in [4.78, 5) is 4.09. The number of aromatic hydroxyl groups is 2. The monoisotopic (exact) mass is 265 g/mol. The maximum absolute atomic E-state index is 9.57. The molecule has 7 heteroatoms. The van der Waals surface area contributed by atoms with Gasteiger partial charge in [-0.2, -0.15) is 0 Å². The number of benzene rings is 1. The number of phenolic OH excluding ortho intramolecular Hbond substituents is 2. The van der Waals surface area contributed by atoms with E-state index in [0.717, 1.165) is 0 Å². The highest BCUT2D eigenvalue weighted by molar-refractivity contribution is 7.98. The lowest BCUT2D eigenvalue weighted by molar-refractivity contribution is 0.351. The Morgan fingerprint density at radius 1 is 1.22 bits per heavy atom. The highest BCUT2D eigenvalue weighted by atomic mass is 32.2.